The number of piperidine rings is 1. The highest BCUT2D eigenvalue weighted by Gasteiger charge is 2.24. The lowest BCUT2D eigenvalue weighted by atomic mass is 9.95. The zero-order valence-corrected chi connectivity index (χ0v) is 36.5. The Morgan fingerprint density at radius 1 is 0.917 bits per heavy atom. The Morgan fingerprint density at radius 3 is 2.27 bits per heavy atom. The van der Waals surface area contributed by atoms with Crippen LogP contribution in [-0.4, -0.2) is 115 Å². The van der Waals surface area contributed by atoms with Crippen molar-refractivity contribution in [1.82, 2.24) is 15.5 Å². The summed E-state index contributed by atoms with van der Waals surface area (Å²) in [5.74, 6) is 1.56. The number of carbonyl (C=O) groups excluding carboxylic acids is 2. The summed E-state index contributed by atoms with van der Waals surface area (Å²) in [5.41, 5.74) is 7.92. The molecule has 2 heterocycles. The average molecular weight is 822 g/mol. The Labute approximate surface area is 357 Å². The van der Waals surface area contributed by atoms with Crippen LogP contribution < -0.4 is 35.8 Å². The van der Waals surface area contributed by atoms with E-state index < -0.39 is 0 Å². The van der Waals surface area contributed by atoms with Crippen molar-refractivity contribution in [1.29, 1.82) is 0 Å². The number of aryl methyl sites for hydroxylation is 1. The third kappa shape index (κ3) is 15.1. The summed E-state index contributed by atoms with van der Waals surface area (Å²) in [6.45, 7) is 21.8. The van der Waals surface area contributed by atoms with Crippen molar-refractivity contribution in [2.45, 2.75) is 65.5 Å². The maximum atomic E-state index is 12.7. The number of piperazine rings is 1. The van der Waals surface area contributed by atoms with E-state index in [0.29, 0.717) is 63.8 Å². The highest BCUT2D eigenvalue weighted by atomic mass is 16.5. The maximum Gasteiger partial charge on any atom is 0.225 e. The number of aliphatic imine (C=N–C) groups is 2. The fourth-order valence-electron chi connectivity index (χ4n) is 7.55. The van der Waals surface area contributed by atoms with Crippen LogP contribution in [0.1, 0.15) is 57.6 Å². The minimum absolute atomic E-state index is 0.0153. The molecule has 2 aliphatic rings. The molecule has 3 aromatic rings. The van der Waals surface area contributed by atoms with E-state index in [4.69, 9.17) is 9.47 Å². The molecule has 0 radical (unpaired) electrons. The first-order valence-corrected chi connectivity index (χ1v) is 21.3. The van der Waals surface area contributed by atoms with Gasteiger partial charge in [0.2, 0.25) is 12.3 Å². The van der Waals surface area contributed by atoms with Gasteiger partial charge in [-0.2, -0.15) is 0 Å². The molecule has 4 N–H and O–H groups in total. The van der Waals surface area contributed by atoms with Gasteiger partial charge in [0, 0.05) is 94.3 Å². The van der Waals surface area contributed by atoms with Gasteiger partial charge in [-0.3, -0.25) is 24.5 Å². The number of amides is 2. The largest absolute Gasteiger partial charge is 0.497 e. The van der Waals surface area contributed by atoms with Crippen LogP contribution in [0, 0.1) is 12.8 Å². The van der Waals surface area contributed by atoms with Crippen LogP contribution >= 0.6 is 0 Å². The summed E-state index contributed by atoms with van der Waals surface area (Å²) in [6, 6.07) is 23.0. The van der Waals surface area contributed by atoms with E-state index in [1.165, 1.54) is 24.2 Å². The van der Waals surface area contributed by atoms with Crippen LogP contribution in [0.15, 0.2) is 88.0 Å². The Bertz CT molecular complexity index is 1860. The van der Waals surface area contributed by atoms with Crippen molar-refractivity contribution in [3.8, 4) is 5.75 Å². The molecule has 60 heavy (non-hydrogen) atoms. The third-order valence-electron chi connectivity index (χ3n) is 11.0. The summed E-state index contributed by atoms with van der Waals surface area (Å²) in [7, 11) is 1.66. The minimum atomic E-state index is -0.245. The van der Waals surface area contributed by atoms with Gasteiger partial charge in [0.1, 0.15) is 12.4 Å². The molecule has 0 spiro atoms. The summed E-state index contributed by atoms with van der Waals surface area (Å²) in [6.07, 6.45) is 5.87. The Morgan fingerprint density at radius 2 is 1.62 bits per heavy atom. The van der Waals surface area contributed by atoms with E-state index in [0.717, 1.165) is 79.6 Å². The lowest BCUT2D eigenvalue weighted by molar-refractivity contribution is -0.116. The fraction of sp³-hybridized carbons (Fsp3) is 0.489. The van der Waals surface area contributed by atoms with Crippen LogP contribution in [0.25, 0.3) is 0 Å². The SMILES string of the molecule is C=N/C(CNC=O)=C(\C=N/CNc1ccc(N2CCC(CN3CCN(c4ccc(NC(=O)CCNCc5ccc(OC)cc5)c(C)c4)CC3)CC2)cc1)CCOC(C)(C)C. The van der Waals surface area contributed by atoms with Crippen LogP contribution in [0.3, 0.4) is 0 Å². The van der Waals surface area contributed by atoms with Gasteiger partial charge in [-0.05, 0) is 131 Å². The zero-order valence-electron chi connectivity index (χ0n) is 36.5. The van der Waals surface area contributed by atoms with Crippen molar-refractivity contribution in [2.24, 2.45) is 15.9 Å². The maximum absolute atomic E-state index is 12.7. The van der Waals surface area contributed by atoms with E-state index in [-0.39, 0.29) is 11.5 Å². The third-order valence-corrected chi connectivity index (χ3v) is 11.0. The second-order valence-electron chi connectivity index (χ2n) is 16.6. The molecular weight excluding hydrogens is 755 g/mol. The molecule has 5 rings (SSSR count). The van der Waals surface area contributed by atoms with Gasteiger partial charge in [0.05, 0.1) is 31.6 Å². The van der Waals surface area contributed by atoms with Crippen LogP contribution in [-0.2, 0) is 20.9 Å². The Kier molecular flexibility index (Phi) is 18.0. The summed E-state index contributed by atoms with van der Waals surface area (Å²) >= 11 is 0. The number of nitrogens with zero attached hydrogens (tertiary/aromatic N) is 5. The smallest absolute Gasteiger partial charge is 0.225 e. The number of ether oxygens (including phenoxy) is 2. The lowest BCUT2D eigenvalue weighted by Gasteiger charge is -2.40. The Hall–Kier alpha value is -5.24. The fourth-order valence-corrected chi connectivity index (χ4v) is 7.55. The predicted octanol–water partition coefficient (Wildman–Crippen LogP) is 6.51. The standard InChI is InChI=1S/C47H67N9O4/c1-36-29-42(13-16-44(36)53-46(58)17-21-49-30-37-7-14-43(59-6)15-8-37)56-26-24-54(25-27-56)33-38-18-22-55(23-19-38)41-11-9-40(10-12-41)52-34-50-31-39(20-28-60-47(2,3)4)45(48-5)32-51-35-57/h7-16,29,31,35,38,49,52H,5,17-28,30,32-34H2,1-4,6H3,(H,51,57)(H,53,58)/b45-39-,50-31-. The molecule has 0 aromatic heterocycles. The number of hydrogen-bond acceptors (Lipinski definition) is 11. The molecule has 2 aliphatic heterocycles. The van der Waals surface area contributed by atoms with Gasteiger partial charge >= 0.3 is 0 Å². The summed E-state index contributed by atoms with van der Waals surface area (Å²) in [4.78, 5) is 39.9. The second-order valence-corrected chi connectivity index (χ2v) is 16.6. The highest BCUT2D eigenvalue weighted by molar-refractivity contribution is 5.92. The van der Waals surface area contributed by atoms with Gasteiger partial charge in [-0.25, -0.2) is 0 Å². The van der Waals surface area contributed by atoms with Gasteiger partial charge in [0.15, 0.2) is 0 Å². The molecule has 0 bridgehead atoms. The molecule has 0 atom stereocenters. The van der Waals surface area contributed by atoms with Crippen LogP contribution in [0.2, 0.25) is 0 Å². The van der Waals surface area contributed by atoms with Crippen molar-refractivity contribution < 1.29 is 19.1 Å². The Balaban J connectivity index is 0.981. The normalized spacial score (nSPS) is 15.8. The molecule has 2 saturated heterocycles. The minimum Gasteiger partial charge on any atom is -0.497 e. The number of rotatable bonds is 22. The van der Waals surface area contributed by atoms with E-state index in [1.807, 2.05) is 51.1 Å². The molecule has 324 valence electrons. The number of hydrogen-bond donors (Lipinski definition) is 4. The first kappa shape index (κ1) is 45.8. The van der Waals surface area contributed by atoms with Gasteiger partial charge in [0.25, 0.3) is 0 Å². The zero-order chi connectivity index (χ0) is 42.7. The number of methoxy groups -OCH3 is 1. The van der Waals surface area contributed by atoms with E-state index in [9.17, 15) is 9.59 Å². The molecule has 0 unspecified atom stereocenters. The highest BCUT2D eigenvalue weighted by Crippen LogP contribution is 2.27. The van der Waals surface area contributed by atoms with Crippen LogP contribution in [0.5, 0.6) is 5.75 Å². The van der Waals surface area contributed by atoms with Crippen molar-refractivity contribution >= 4 is 48.0 Å². The van der Waals surface area contributed by atoms with E-state index in [2.05, 4.69) is 96.0 Å². The quantitative estimate of drug-likeness (QED) is 0.0509. The van der Waals surface area contributed by atoms with Crippen molar-refractivity contribution in [2.75, 3.05) is 99.7 Å². The average Bonchev–Trinajstić information content (AvgIpc) is 3.25. The van der Waals surface area contributed by atoms with E-state index in [1.54, 1.807) is 13.3 Å². The van der Waals surface area contributed by atoms with Gasteiger partial charge in [-0.15, -0.1) is 0 Å². The van der Waals surface area contributed by atoms with E-state index >= 15 is 0 Å². The molecule has 3 aromatic carbocycles. The van der Waals surface area contributed by atoms with Crippen LogP contribution in [0.4, 0.5) is 22.7 Å². The molecule has 13 nitrogen and oxygen atoms in total. The number of anilines is 4. The topological polar surface area (TPSA) is 135 Å². The summed E-state index contributed by atoms with van der Waals surface area (Å²) < 4.78 is 11.1. The number of benzene rings is 3. The summed E-state index contributed by atoms with van der Waals surface area (Å²) in [5, 5.41) is 12.5. The first-order chi connectivity index (χ1) is 29.0. The second kappa shape index (κ2) is 23.5. The van der Waals surface area contributed by atoms with Gasteiger partial charge < -0.3 is 40.5 Å². The van der Waals surface area contributed by atoms with Crippen molar-refractivity contribution in [3.63, 3.8) is 0 Å². The lowest BCUT2D eigenvalue weighted by Crippen LogP contribution is -2.49. The molecule has 2 amide bonds. The van der Waals surface area contributed by atoms with Gasteiger partial charge in [-0.1, -0.05) is 12.1 Å². The van der Waals surface area contributed by atoms with Crippen molar-refractivity contribution in [3.05, 3.63) is 89.1 Å². The predicted molar refractivity (Wildman–Crippen MR) is 247 cm³/mol. The molecule has 13 heteroatoms. The first-order valence-electron chi connectivity index (χ1n) is 21.3. The molecule has 0 aliphatic carbocycles. The molecule has 2 fully saturated rings. The molecule has 0 saturated carbocycles. The monoisotopic (exact) mass is 822 g/mol. The number of carbonyl (C=O) groups is 2. The molecular formula is C47H67N9O4. The number of nitrogens with one attached hydrogen (secondary N) is 4.